The fourth-order valence-corrected chi connectivity index (χ4v) is 1.83. The van der Waals surface area contributed by atoms with Crippen molar-refractivity contribution in [1.82, 2.24) is 5.32 Å². The molecule has 0 aliphatic carbocycles. The van der Waals surface area contributed by atoms with Crippen LogP contribution in [-0.4, -0.2) is 32.1 Å². The van der Waals surface area contributed by atoms with E-state index in [0.717, 1.165) is 5.69 Å². The molecule has 1 aromatic rings. The van der Waals surface area contributed by atoms with Crippen LogP contribution in [0, 0.1) is 5.82 Å². The van der Waals surface area contributed by atoms with Gasteiger partial charge in [0.05, 0.1) is 6.04 Å². The minimum atomic E-state index is -2.37. The standard InChI is InChI=1S/C11H13F3N2/c12-8-1-3-9(4-2-8)16-6-5-15-10(7-16)11(13)14/h1-4,10-11,15H,5-7H2/t10-/m0/s1. The van der Waals surface area contributed by atoms with Crippen LogP contribution in [-0.2, 0) is 0 Å². The minimum Gasteiger partial charge on any atom is -0.368 e. The average molecular weight is 230 g/mol. The van der Waals surface area contributed by atoms with Crippen molar-refractivity contribution >= 4 is 5.69 Å². The fourth-order valence-electron chi connectivity index (χ4n) is 1.83. The van der Waals surface area contributed by atoms with Gasteiger partial charge in [0.25, 0.3) is 6.43 Å². The number of nitrogens with zero attached hydrogens (tertiary/aromatic N) is 1. The summed E-state index contributed by atoms with van der Waals surface area (Å²) in [6.45, 7) is 1.44. The molecule has 0 aromatic heterocycles. The first-order valence-corrected chi connectivity index (χ1v) is 5.19. The zero-order valence-electron chi connectivity index (χ0n) is 8.67. The third kappa shape index (κ3) is 2.47. The largest absolute Gasteiger partial charge is 0.368 e. The maximum Gasteiger partial charge on any atom is 0.255 e. The molecule has 1 aromatic carbocycles. The van der Waals surface area contributed by atoms with Gasteiger partial charge in [-0.2, -0.15) is 0 Å². The van der Waals surface area contributed by atoms with Crippen LogP contribution in [0.1, 0.15) is 0 Å². The van der Waals surface area contributed by atoms with E-state index >= 15 is 0 Å². The van der Waals surface area contributed by atoms with Crippen LogP contribution in [0.25, 0.3) is 0 Å². The number of alkyl halides is 2. The van der Waals surface area contributed by atoms with Gasteiger partial charge in [-0.1, -0.05) is 0 Å². The molecule has 1 fully saturated rings. The molecule has 1 N–H and O–H groups in total. The Bertz CT molecular complexity index is 340. The lowest BCUT2D eigenvalue weighted by molar-refractivity contribution is 0.0958. The Morgan fingerprint density at radius 1 is 1.25 bits per heavy atom. The van der Waals surface area contributed by atoms with Crippen molar-refractivity contribution in [3.05, 3.63) is 30.1 Å². The van der Waals surface area contributed by atoms with E-state index in [1.807, 2.05) is 4.90 Å². The molecule has 16 heavy (non-hydrogen) atoms. The van der Waals surface area contributed by atoms with E-state index in [0.29, 0.717) is 13.1 Å². The molecule has 0 unspecified atom stereocenters. The first-order chi connectivity index (χ1) is 7.66. The molecule has 0 radical (unpaired) electrons. The highest BCUT2D eigenvalue weighted by molar-refractivity contribution is 5.47. The van der Waals surface area contributed by atoms with Gasteiger partial charge in [0.2, 0.25) is 0 Å². The number of nitrogens with one attached hydrogen (secondary N) is 1. The van der Waals surface area contributed by atoms with Gasteiger partial charge in [-0.05, 0) is 24.3 Å². The highest BCUT2D eigenvalue weighted by Gasteiger charge is 2.26. The molecule has 1 saturated heterocycles. The van der Waals surface area contributed by atoms with Gasteiger partial charge in [-0.3, -0.25) is 0 Å². The lowest BCUT2D eigenvalue weighted by Crippen LogP contribution is -2.53. The number of hydrogen-bond acceptors (Lipinski definition) is 2. The summed E-state index contributed by atoms with van der Waals surface area (Å²) in [5.41, 5.74) is 0.786. The van der Waals surface area contributed by atoms with Gasteiger partial charge in [0, 0.05) is 25.3 Å². The van der Waals surface area contributed by atoms with Crippen LogP contribution in [0.2, 0.25) is 0 Å². The quantitative estimate of drug-likeness (QED) is 0.834. The fraction of sp³-hybridized carbons (Fsp3) is 0.455. The molecule has 5 heteroatoms. The summed E-state index contributed by atoms with van der Waals surface area (Å²) in [7, 11) is 0. The Morgan fingerprint density at radius 3 is 2.56 bits per heavy atom. The van der Waals surface area contributed by atoms with Crippen LogP contribution >= 0.6 is 0 Å². The summed E-state index contributed by atoms with van der Waals surface area (Å²) in [4.78, 5) is 1.84. The second-order valence-corrected chi connectivity index (χ2v) is 3.82. The summed E-state index contributed by atoms with van der Waals surface area (Å²) < 4.78 is 37.8. The predicted octanol–water partition coefficient (Wildman–Crippen LogP) is 1.87. The van der Waals surface area contributed by atoms with Crippen LogP contribution in [0.5, 0.6) is 0 Å². The van der Waals surface area contributed by atoms with Crippen molar-refractivity contribution in [2.24, 2.45) is 0 Å². The van der Waals surface area contributed by atoms with Crippen molar-refractivity contribution in [3.63, 3.8) is 0 Å². The third-order valence-electron chi connectivity index (χ3n) is 2.70. The van der Waals surface area contributed by atoms with E-state index in [4.69, 9.17) is 0 Å². The molecular weight excluding hydrogens is 217 g/mol. The van der Waals surface area contributed by atoms with Gasteiger partial charge in [0.1, 0.15) is 5.82 Å². The zero-order chi connectivity index (χ0) is 11.5. The van der Waals surface area contributed by atoms with Gasteiger partial charge >= 0.3 is 0 Å². The van der Waals surface area contributed by atoms with Crippen LogP contribution in [0.3, 0.4) is 0 Å². The highest BCUT2D eigenvalue weighted by atomic mass is 19.3. The average Bonchev–Trinajstić information content (AvgIpc) is 2.30. The number of anilines is 1. The molecule has 1 aliphatic heterocycles. The lowest BCUT2D eigenvalue weighted by atomic mass is 10.2. The summed E-state index contributed by atoms with van der Waals surface area (Å²) in [5, 5.41) is 2.76. The number of hydrogen-bond donors (Lipinski definition) is 1. The normalized spacial score (nSPS) is 21.5. The smallest absolute Gasteiger partial charge is 0.255 e. The molecule has 1 heterocycles. The van der Waals surface area contributed by atoms with E-state index < -0.39 is 12.5 Å². The van der Waals surface area contributed by atoms with Crippen molar-refractivity contribution < 1.29 is 13.2 Å². The van der Waals surface area contributed by atoms with Gasteiger partial charge < -0.3 is 10.2 Å². The topological polar surface area (TPSA) is 15.3 Å². The third-order valence-corrected chi connectivity index (χ3v) is 2.70. The molecule has 88 valence electrons. The number of halogens is 3. The molecule has 2 rings (SSSR count). The summed E-state index contributed by atoms with van der Waals surface area (Å²) in [6.07, 6.45) is -2.37. The first-order valence-electron chi connectivity index (χ1n) is 5.19. The lowest BCUT2D eigenvalue weighted by Gasteiger charge is -2.34. The minimum absolute atomic E-state index is 0.253. The first kappa shape index (κ1) is 11.3. The van der Waals surface area contributed by atoms with Gasteiger partial charge in [-0.25, -0.2) is 13.2 Å². The van der Waals surface area contributed by atoms with Crippen LogP contribution in [0.4, 0.5) is 18.9 Å². The number of rotatable bonds is 2. The van der Waals surface area contributed by atoms with E-state index in [1.54, 1.807) is 12.1 Å². The van der Waals surface area contributed by atoms with Gasteiger partial charge in [0.15, 0.2) is 0 Å². The zero-order valence-corrected chi connectivity index (χ0v) is 8.67. The van der Waals surface area contributed by atoms with Crippen LogP contribution in [0.15, 0.2) is 24.3 Å². The summed E-state index contributed by atoms with van der Waals surface area (Å²) >= 11 is 0. The number of benzene rings is 1. The SMILES string of the molecule is Fc1ccc(N2CCN[C@H](C(F)F)C2)cc1. The monoisotopic (exact) mass is 230 g/mol. The molecule has 2 nitrogen and oxygen atoms in total. The molecule has 0 spiro atoms. The van der Waals surface area contributed by atoms with Crippen LogP contribution < -0.4 is 10.2 Å². The van der Waals surface area contributed by atoms with E-state index in [2.05, 4.69) is 5.32 Å². The van der Waals surface area contributed by atoms with Crippen molar-refractivity contribution in [2.45, 2.75) is 12.5 Å². The molecule has 1 atom stereocenters. The predicted molar refractivity (Wildman–Crippen MR) is 56.4 cm³/mol. The van der Waals surface area contributed by atoms with E-state index in [9.17, 15) is 13.2 Å². The summed E-state index contributed by atoms with van der Waals surface area (Å²) in [6, 6.07) is 5.11. The second kappa shape index (κ2) is 4.74. The Labute approximate surface area is 92.1 Å². The maximum absolute atomic E-state index is 12.7. The maximum atomic E-state index is 12.7. The van der Waals surface area contributed by atoms with Crippen molar-refractivity contribution in [1.29, 1.82) is 0 Å². The Kier molecular flexibility index (Phi) is 3.33. The number of piperazine rings is 1. The second-order valence-electron chi connectivity index (χ2n) is 3.82. The molecule has 0 saturated carbocycles. The van der Waals surface area contributed by atoms with Gasteiger partial charge in [-0.15, -0.1) is 0 Å². The Hall–Kier alpha value is -1.23. The van der Waals surface area contributed by atoms with E-state index in [1.165, 1.54) is 12.1 Å². The Balaban J connectivity index is 2.06. The summed E-state index contributed by atoms with van der Waals surface area (Å²) in [5.74, 6) is -0.315. The molecular formula is C11H13F3N2. The highest BCUT2D eigenvalue weighted by Crippen LogP contribution is 2.18. The van der Waals surface area contributed by atoms with E-state index in [-0.39, 0.29) is 12.4 Å². The van der Waals surface area contributed by atoms with Crippen molar-refractivity contribution in [2.75, 3.05) is 24.5 Å². The van der Waals surface area contributed by atoms with Crippen molar-refractivity contribution in [3.8, 4) is 0 Å². The molecule has 0 amide bonds. The molecule has 1 aliphatic rings. The Morgan fingerprint density at radius 2 is 1.94 bits per heavy atom. The molecule has 0 bridgehead atoms.